The lowest BCUT2D eigenvalue weighted by Gasteiger charge is -2.15. The molecule has 0 aliphatic carbocycles. The molecule has 0 saturated carbocycles. The van der Waals surface area contributed by atoms with Crippen molar-refractivity contribution in [1.29, 1.82) is 0 Å². The van der Waals surface area contributed by atoms with Crippen molar-refractivity contribution in [2.24, 2.45) is 5.73 Å². The smallest absolute Gasteiger partial charge is 0.241 e. The van der Waals surface area contributed by atoms with E-state index in [2.05, 4.69) is 17.1 Å². The number of anilines is 1. The molecule has 0 aliphatic heterocycles. The highest BCUT2D eigenvalue weighted by Crippen LogP contribution is 2.43. The van der Waals surface area contributed by atoms with Crippen molar-refractivity contribution in [3.8, 4) is 45.4 Å². The van der Waals surface area contributed by atoms with Crippen LogP contribution in [-0.4, -0.2) is 45.5 Å². The van der Waals surface area contributed by atoms with Crippen LogP contribution in [0, 0.1) is 0 Å². The molecule has 174 valence electrons. The standard InChI is InChI=1S/C24H27N3O6/c1-6-7-17(25)24(28)26-18-10-14(8-9-19(18)29-2)16-13-33-27-22(16)15-11-20(30-3)23(32-5)21(12-15)31-4/h6,8-13,17H,1,7,25H2,2-5H3,(H,26,28). The highest BCUT2D eigenvalue weighted by molar-refractivity contribution is 5.97. The predicted octanol–water partition coefficient (Wildman–Crippen LogP) is 3.88. The van der Waals surface area contributed by atoms with Gasteiger partial charge in [0.2, 0.25) is 11.7 Å². The minimum absolute atomic E-state index is 0.347. The number of hydrogen-bond donors (Lipinski definition) is 2. The molecule has 0 aliphatic rings. The minimum Gasteiger partial charge on any atom is -0.495 e. The summed E-state index contributed by atoms with van der Waals surface area (Å²) >= 11 is 0. The third kappa shape index (κ3) is 4.93. The van der Waals surface area contributed by atoms with Gasteiger partial charge in [0.15, 0.2) is 11.5 Å². The maximum absolute atomic E-state index is 12.4. The van der Waals surface area contributed by atoms with Crippen LogP contribution < -0.4 is 30.0 Å². The number of carbonyl (C=O) groups excluding carboxylic acids is 1. The number of nitrogens with one attached hydrogen (secondary N) is 1. The van der Waals surface area contributed by atoms with Gasteiger partial charge in [-0.05, 0) is 36.2 Å². The largest absolute Gasteiger partial charge is 0.495 e. The van der Waals surface area contributed by atoms with Gasteiger partial charge < -0.3 is 34.5 Å². The molecule has 3 N–H and O–H groups in total. The summed E-state index contributed by atoms with van der Waals surface area (Å²) in [6.07, 6.45) is 3.47. The fourth-order valence-electron chi connectivity index (χ4n) is 3.35. The highest BCUT2D eigenvalue weighted by atomic mass is 16.5. The van der Waals surface area contributed by atoms with E-state index in [0.717, 1.165) is 5.56 Å². The zero-order valence-electron chi connectivity index (χ0n) is 19.0. The Balaban J connectivity index is 2.05. The van der Waals surface area contributed by atoms with Crippen LogP contribution in [0.5, 0.6) is 23.0 Å². The number of ether oxygens (including phenoxy) is 4. The van der Waals surface area contributed by atoms with Crippen molar-refractivity contribution >= 4 is 11.6 Å². The summed E-state index contributed by atoms with van der Waals surface area (Å²) in [4.78, 5) is 12.4. The first-order chi connectivity index (χ1) is 16.0. The number of benzene rings is 2. The quantitative estimate of drug-likeness (QED) is 0.444. The molecular formula is C24H27N3O6. The lowest BCUT2D eigenvalue weighted by Crippen LogP contribution is -2.35. The van der Waals surface area contributed by atoms with Crippen molar-refractivity contribution in [3.63, 3.8) is 0 Å². The number of amides is 1. The molecular weight excluding hydrogens is 426 g/mol. The Morgan fingerprint density at radius 3 is 2.30 bits per heavy atom. The Kier molecular flexibility index (Phi) is 7.57. The molecule has 2 aromatic carbocycles. The van der Waals surface area contributed by atoms with Gasteiger partial charge in [-0.3, -0.25) is 4.79 Å². The third-order valence-electron chi connectivity index (χ3n) is 5.03. The highest BCUT2D eigenvalue weighted by Gasteiger charge is 2.20. The van der Waals surface area contributed by atoms with Crippen LogP contribution in [0.4, 0.5) is 5.69 Å². The van der Waals surface area contributed by atoms with Gasteiger partial charge in [0.25, 0.3) is 0 Å². The van der Waals surface area contributed by atoms with Crippen molar-refractivity contribution < 1.29 is 28.3 Å². The first-order valence-electron chi connectivity index (χ1n) is 10.1. The maximum Gasteiger partial charge on any atom is 0.241 e. The Hall–Kier alpha value is -3.98. The van der Waals surface area contributed by atoms with Gasteiger partial charge >= 0.3 is 0 Å². The van der Waals surface area contributed by atoms with E-state index < -0.39 is 6.04 Å². The third-order valence-corrected chi connectivity index (χ3v) is 5.03. The number of methoxy groups -OCH3 is 4. The lowest BCUT2D eigenvalue weighted by molar-refractivity contribution is -0.117. The van der Waals surface area contributed by atoms with E-state index in [-0.39, 0.29) is 5.91 Å². The van der Waals surface area contributed by atoms with E-state index in [1.54, 1.807) is 44.6 Å². The van der Waals surface area contributed by atoms with Crippen LogP contribution in [-0.2, 0) is 4.79 Å². The minimum atomic E-state index is -0.721. The van der Waals surface area contributed by atoms with Crippen molar-refractivity contribution in [1.82, 2.24) is 5.16 Å². The predicted molar refractivity (Wildman–Crippen MR) is 125 cm³/mol. The summed E-state index contributed by atoms with van der Waals surface area (Å²) in [6.45, 7) is 3.62. The SMILES string of the molecule is C=CCC(N)C(=O)Nc1cc(-c2conc2-c2cc(OC)c(OC)c(OC)c2)ccc1OC. The molecule has 1 heterocycles. The molecule has 0 radical (unpaired) electrons. The van der Waals surface area contributed by atoms with Gasteiger partial charge in [-0.25, -0.2) is 0 Å². The normalized spacial score (nSPS) is 11.4. The fraction of sp³-hybridized carbons (Fsp3) is 0.250. The van der Waals surface area contributed by atoms with Crippen LogP contribution in [0.25, 0.3) is 22.4 Å². The number of aromatic nitrogens is 1. The molecule has 0 fully saturated rings. The summed E-state index contributed by atoms with van der Waals surface area (Å²) in [5.41, 5.74) is 9.05. The van der Waals surface area contributed by atoms with Crippen LogP contribution in [0.3, 0.4) is 0 Å². The average molecular weight is 453 g/mol. The molecule has 3 rings (SSSR count). The van der Waals surface area contributed by atoms with E-state index in [1.807, 2.05) is 6.07 Å². The second kappa shape index (κ2) is 10.6. The van der Waals surface area contributed by atoms with Gasteiger partial charge in [-0.1, -0.05) is 17.3 Å². The van der Waals surface area contributed by atoms with Crippen molar-refractivity contribution in [2.45, 2.75) is 12.5 Å². The van der Waals surface area contributed by atoms with Crippen LogP contribution in [0.2, 0.25) is 0 Å². The van der Waals surface area contributed by atoms with Gasteiger partial charge in [-0.15, -0.1) is 6.58 Å². The molecule has 33 heavy (non-hydrogen) atoms. The molecule has 0 saturated heterocycles. The molecule has 0 bridgehead atoms. The molecule has 1 atom stereocenters. The maximum atomic E-state index is 12.4. The topological polar surface area (TPSA) is 118 Å². The van der Waals surface area contributed by atoms with Gasteiger partial charge in [0, 0.05) is 11.1 Å². The molecule has 0 spiro atoms. The summed E-state index contributed by atoms with van der Waals surface area (Å²) in [5.74, 6) is 1.59. The zero-order chi connectivity index (χ0) is 24.0. The van der Waals surface area contributed by atoms with E-state index in [0.29, 0.717) is 51.9 Å². The molecule has 1 unspecified atom stereocenters. The monoisotopic (exact) mass is 453 g/mol. The Morgan fingerprint density at radius 2 is 1.73 bits per heavy atom. The summed E-state index contributed by atoms with van der Waals surface area (Å²) < 4.78 is 27.0. The second-order valence-corrected chi connectivity index (χ2v) is 7.03. The number of hydrogen-bond acceptors (Lipinski definition) is 8. The lowest BCUT2D eigenvalue weighted by atomic mass is 10.0. The first-order valence-corrected chi connectivity index (χ1v) is 10.1. The summed E-state index contributed by atoms with van der Waals surface area (Å²) in [7, 11) is 6.14. The van der Waals surface area contributed by atoms with Gasteiger partial charge in [0.1, 0.15) is 17.7 Å². The van der Waals surface area contributed by atoms with Gasteiger partial charge in [0.05, 0.1) is 40.2 Å². The Morgan fingerprint density at radius 1 is 1.06 bits per heavy atom. The molecule has 1 amide bonds. The van der Waals surface area contributed by atoms with Crippen molar-refractivity contribution in [2.75, 3.05) is 33.8 Å². The molecule has 1 aromatic heterocycles. The van der Waals surface area contributed by atoms with E-state index in [4.69, 9.17) is 29.2 Å². The van der Waals surface area contributed by atoms with Crippen molar-refractivity contribution in [3.05, 3.63) is 49.2 Å². The number of carbonyl (C=O) groups is 1. The summed E-state index contributed by atoms with van der Waals surface area (Å²) in [5, 5.41) is 6.99. The van der Waals surface area contributed by atoms with E-state index in [1.165, 1.54) is 20.5 Å². The van der Waals surface area contributed by atoms with Crippen LogP contribution in [0.1, 0.15) is 6.42 Å². The Labute approximate surface area is 192 Å². The van der Waals surface area contributed by atoms with E-state index >= 15 is 0 Å². The van der Waals surface area contributed by atoms with E-state index in [9.17, 15) is 4.79 Å². The second-order valence-electron chi connectivity index (χ2n) is 7.03. The summed E-state index contributed by atoms with van der Waals surface area (Å²) in [6, 6.07) is 8.20. The van der Waals surface area contributed by atoms with Crippen LogP contribution >= 0.6 is 0 Å². The number of nitrogens with two attached hydrogens (primary N) is 1. The zero-order valence-corrected chi connectivity index (χ0v) is 19.0. The molecule has 3 aromatic rings. The first kappa shape index (κ1) is 23.7. The molecule has 9 heteroatoms. The molecule has 9 nitrogen and oxygen atoms in total. The fourth-order valence-corrected chi connectivity index (χ4v) is 3.35. The van der Waals surface area contributed by atoms with Crippen LogP contribution in [0.15, 0.2) is 53.8 Å². The average Bonchev–Trinajstić information content (AvgIpc) is 3.33. The Bertz CT molecular complexity index is 1120. The number of rotatable bonds is 10. The number of nitrogens with zero attached hydrogens (tertiary/aromatic N) is 1. The van der Waals surface area contributed by atoms with Gasteiger partial charge in [-0.2, -0.15) is 0 Å².